The summed E-state index contributed by atoms with van der Waals surface area (Å²) in [5.74, 6) is 1.01. The highest BCUT2D eigenvalue weighted by Gasteiger charge is 2.00. The molecule has 0 saturated carbocycles. The Labute approximate surface area is 79.7 Å². The van der Waals surface area contributed by atoms with Crippen LogP contribution in [0.3, 0.4) is 0 Å². The Balaban J connectivity index is 2.58. The molecule has 3 nitrogen and oxygen atoms in total. The van der Waals surface area contributed by atoms with Gasteiger partial charge in [-0.1, -0.05) is 11.6 Å². The van der Waals surface area contributed by atoms with E-state index in [1.807, 2.05) is 31.0 Å². The minimum atomic E-state index is 0.916. The monoisotopic (exact) mass is 179 g/mol. The van der Waals surface area contributed by atoms with Gasteiger partial charge in [-0.05, 0) is 13.8 Å². The van der Waals surface area contributed by atoms with Crippen LogP contribution in [0, 0.1) is 0 Å². The second-order valence-electron chi connectivity index (χ2n) is 3.51. The van der Waals surface area contributed by atoms with Gasteiger partial charge in [-0.2, -0.15) is 5.10 Å². The average Bonchev–Trinajstić information content (AvgIpc) is 2.47. The maximum absolute atomic E-state index is 4.30. The van der Waals surface area contributed by atoms with Crippen LogP contribution in [-0.2, 0) is 7.05 Å². The molecule has 0 amide bonds. The Kier molecular flexibility index (Phi) is 3.12. The van der Waals surface area contributed by atoms with Crippen LogP contribution < -0.4 is 4.90 Å². The van der Waals surface area contributed by atoms with Crippen molar-refractivity contribution in [3.8, 4) is 0 Å². The van der Waals surface area contributed by atoms with E-state index >= 15 is 0 Å². The van der Waals surface area contributed by atoms with Gasteiger partial charge < -0.3 is 4.90 Å². The van der Waals surface area contributed by atoms with E-state index in [-0.39, 0.29) is 0 Å². The number of likely N-dealkylation sites (N-methyl/N-ethyl adjacent to an activating group) is 1. The fraction of sp³-hybridized carbons (Fsp3) is 0.500. The molecule has 0 radical (unpaired) electrons. The molecule has 0 aliphatic rings. The number of allylic oxidation sites excluding steroid dienone is 1. The summed E-state index contributed by atoms with van der Waals surface area (Å²) in [5, 5.41) is 4.30. The summed E-state index contributed by atoms with van der Waals surface area (Å²) in [6.07, 6.45) is 4.14. The molecule has 72 valence electrons. The van der Waals surface area contributed by atoms with Crippen LogP contribution in [-0.4, -0.2) is 23.4 Å². The van der Waals surface area contributed by atoms with Gasteiger partial charge in [0.15, 0.2) is 5.82 Å². The first-order valence-electron chi connectivity index (χ1n) is 4.43. The number of hydrogen-bond acceptors (Lipinski definition) is 2. The van der Waals surface area contributed by atoms with Crippen molar-refractivity contribution < 1.29 is 0 Å². The first-order chi connectivity index (χ1) is 6.09. The topological polar surface area (TPSA) is 21.1 Å². The molecule has 0 aliphatic carbocycles. The van der Waals surface area contributed by atoms with Gasteiger partial charge in [0.25, 0.3) is 0 Å². The summed E-state index contributed by atoms with van der Waals surface area (Å²) in [6.45, 7) is 5.12. The minimum Gasteiger partial charge on any atom is -0.354 e. The van der Waals surface area contributed by atoms with Crippen molar-refractivity contribution in [1.29, 1.82) is 0 Å². The van der Waals surface area contributed by atoms with Crippen LogP contribution >= 0.6 is 0 Å². The fourth-order valence-corrected chi connectivity index (χ4v) is 1.02. The van der Waals surface area contributed by atoms with Gasteiger partial charge in [-0.15, -0.1) is 0 Å². The largest absolute Gasteiger partial charge is 0.354 e. The SMILES string of the molecule is CC(C)=CCN(C)c1ccn(C)n1. The molecule has 13 heavy (non-hydrogen) atoms. The van der Waals surface area contributed by atoms with E-state index in [2.05, 4.69) is 29.9 Å². The van der Waals surface area contributed by atoms with Crippen LogP contribution in [0.1, 0.15) is 13.8 Å². The molecule has 1 aromatic heterocycles. The Bertz CT molecular complexity index is 295. The van der Waals surface area contributed by atoms with Crippen LogP contribution in [0.25, 0.3) is 0 Å². The van der Waals surface area contributed by atoms with Crippen LogP contribution in [0.4, 0.5) is 5.82 Å². The smallest absolute Gasteiger partial charge is 0.150 e. The number of aromatic nitrogens is 2. The number of anilines is 1. The van der Waals surface area contributed by atoms with Crippen LogP contribution in [0.2, 0.25) is 0 Å². The maximum Gasteiger partial charge on any atom is 0.150 e. The van der Waals surface area contributed by atoms with E-state index in [9.17, 15) is 0 Å². The zero-order chi connectivity index (χ0) is 9.84. The molecule has 0 aromatic carbocycles. The van der Waals surface area contributed by atoms with Gasteiger partial charge in [-0.3, -0.25) is 4.68 Å². The lowest BCUT2D eigenvalue weighted by atomic mass is 10.3. The molecule has 0 unspecified atom stereocenters. The van der Waals surface area contributed by atoms with Gasteiger partial charge in [0.1, 0.15) is 0 Å². The predicted molar refractivity (Wildman–Crippen MR) is 55.9 cm³/mol. The summed E-state index contributed by atoms with van der Waals surface area (Å²) >= 11 is 0. The lowest BCUT2D eigenvalue weighted by Gasteiger charge is -2.13. The molecule has 0 N–H and O–H groups in total. The molecular formula is C10H17N3. The second-order valence-corrected chi connectivity index (χ2v) is 3.51. The van der Waals surface area contributed by atoms with E-state index in [1.54, 1.807) is 0 Å². The normalized spacial score (nSPS) is 9.85. The zero-order valence-electron chi connectivity index (χ0n) is 8.78. The predicted octanol–water partition coefficient (Wildman–Crippen LogP) is 1.82. The van der Waals surface area contributed by atoms with E-state index in [0.717, 1.165) is 12.4 Å². The highest BCUT2D eigenvalue weighted by Crippen LogP contribution is 2.07. The Hall–Kier alpha value is -1.25. The Morgan fingerprint density at radius 1 is 1.62 bits per heavy atom. The van der Waals surface area contributed by atoms with Crippen molar-refractivity contribution in [3.63, 3.8) is 0 Å². The average molecular weight is 179 g/mol. The summed E-state index contributed by atoms with van der Waals surface area (Å²) < 4.78 is 1.81. The van der Waals surface area contributed by atoms with Gasteiger partial charge in [0, 0.05) is 32.9 Å². The van der Waals surface area contributed by atoms with Crippen molar-refractivity contribution in [1.82, 2.24) is 9.78 Å². The number of nitrogens with zero attached hydrogens (tertiary/aromatic N) is 3. The lowest BCUT2D eigenvalue weighted by Crippen LogP contribution is -2.17. The van der Waals surface area contributed by atoms with Crippen molar-refractivity contribution in [2.45, 2.75) is 13.8 Å². The Morgan fingerprint density at radius 2 is 2.31 bits per heavy atom. The van der Waals surface area contributed by atoms with Crippen molar-refractivity contribution >= 4 is 5.82 Å². The standard InChI is InChI=1S/C10H17N3/c1-9(2)5-7-12(3)10-6-8-13(4)11-10/h5-6,8H,7H2,1-4H3. The summed E-state index contributed by atoms with van der Waals surface area (Å²) in [6, 6.07) is 2.01. The molecule has 0 saturated heterocycles. The van der Waals surface area contributed by atoms with Gasteiger partial charge >= 0.3 is 0 Å². The van der Waals surface area contributed by atoms with E-state index < -0.39 is 0 Å². The molecule has 3 heteroatoms. The highest BCUT2D eigenvalue weighted by atomic mass is 15.3. The molecule has 1 rings (SSSR count). The molecule has 0 aliphatic heterocycles. The second kappa shape index (κ2) is 4.12. The summed E-state index contributed by atoms with van der Waals surface area (Å²) in [5.41, 5.74) is 1.34. The number of rotatable bonds is 3. The van der Waals surface area contributed by atoms with Crippen molar-refractivity contribution in [2.24, 2.45) is 7.05 Å². The van der Waals surface area contributed by atoms with Crippen LogP contribution in [0.15, 0.2) is 23.9 Å². The van der Waals surface area contributed by atoms with Crippen molar-refractivity contribution in [2.75, 3.05) is 18.5 Å². The number of hydrogen-bond donors (Lipinski definition) is 0. The third-order valence-corrected chi connectivity index (χ3v) is 1.86. The van der Waals surface area contributed by atoms with Crippen molar-refractivity contribution in [3.05, 3.63) is 23.9 Å². The third-order valence-electron chi connectivity index (χ3n) is 1.86. The Morgan fingerprint density at radius 3 is 2.77 bits per heavy atom. The summed E-state index contributed by atoms with van der Waals surface area (Å²) in [4.78, 5) is 2.12. The molecule has 1 aromatic rings. The van der Waals surface area contributed by atoms with Gasteiger partial charge in [-0.25, -0.2) is 0 Å². The molecule has 0 bridgehead atoms. The van der Waals surface area contributed by atoms with E-state index in [0.29, 0.717) is 0 Å². The van der Waals surface area contributed by atoms with Crippen LogP contribution in [0.5, 0.6) is 0 Å². The molecule has 0 spiro atoms. The lowest BCUT2D eigenvalue weighted by molar-refractivity contribution is 0.759. The molecular weight excluding hydrogens is 162 g/mol. The first-order valence-corrected chi connectivity index (χ1v) is 4.43. The maximum atomic E-state index is 4.30. The fourth-order valence-electron chi connectivity index (χ4n) is 1.02. The van der Waals surface area contributed by atoms with E-state index in [1.165, 1.54) is 5.57 Å². The molecule has 0 fully saturated rings. The zero-order valence-corrected chi connectivity index (χ0v) is 8.78. The third kappa shape index (κ3) is 2.93. The summed E-state index contributed by atoms with van der Waals surface area (Å²) in [7, 11) is 3.97. The first kappa shape index (κ1) is 9.84. The van der Waals surface area contributed by atoms with Gasteiger partial charge in [0.2, 0.25) is 0 Å². The minimum absolute atomic E-state index is 0.916. The number of aryl methyl sites for hydroxylation is 1. The quantitative estimate of drug-likeness (QED) is 0.660. The molecule has 0 atom stereocenters. The molecule has 1 heterocycles. The van der Waals surface area contributed by atoms with Gasteiger partial charge in [0.05, 0.1) is 0 Å². The van der Waals surface area contributed by atoms with E-state index in [4.69, 9.17) is 0 Å². The highest BCUT2D eigenvalue weighted by molar-refractivity contribution is 5.36.